The molecule has 1 unspecified atom stereocenters. The summed E-state index contributed by atoms with van der Waals surface area (Å²) in [6.07, 6.45) is 5.12. The normalized spacial score (nSPS) is 16.9. The number of carbonyl (C=O) groups is 1. The summed E-state index contributed by atoms with van der Waals surface area (Å²) in [7, 11) is 1.84. The molecule has 1 heterocycles. The highest BCUT2D eigenvalue weighted by molar-refractivity contribution is 9.09. The molecule has 1 saturated carbocycles. The van der Waals surface area contributed by atoms with Crippen LogP contribution in [0, 0.1) is 5.92 Å². The minimum absolute atomic E-state index is 0.0138. The number of nitrogens with zero attached hydrogens (tertiary/aromatic N) is 2. The molecule has 0 radical (unpaired) electrons. The van der Waals surface area contributed by atoms with E-state index < -0.39 is 0 Å². The van der Waals surface area contributed by atoms with E-state index in [4.69, 9.17) is 0 Å². The first-order valence-corrected chi connectivity index (χ1v) is 6.98. The van der Waals surface area contributed by atoms with Gasteiger partial charge in [0.25, 0.3) is 5.91 Å². The minimum atomic E-state index is -0.0138. The van der Waals surface area contributed by atoms with Gasteiger partial charge in [0.2, 0.25) is 0 Å². The maximum Gasteiger partial charge on any atom is 0.254 e. The van der Waals surface area contributed by atoms with E-state index in [9.17, 15) is 4.79 Å². The zero-order valence-electron chi connectivity index (χ0n) is 10.2. The van der Waals surface area contributed by atoms with Gasteiger partial charge in [-0.1, -0.05) is 22.9 Å². The lowest BCUT2D eigenvalue weighted by Crippen LogP contribution is -2.30. The van der Waals surface area contributed by atoms with Crippen molar-refractivity contribution in [2.75, 3.05) is 6.54 Å². The molecule has 1 amide bonds. The van der Waals surface area contributed by atoms with Crippen molar-refractivity contribution in [3.63, 3.8) is 0 Å². The Bertz CT molecular complexity index is 412. The zero-order chi connectivity index (χ0) is 12.4. The molecule has 5 heteroatoms. The smallest absolute Gasteiger partial charge is 0.254 e. The lowest BCUT2D eigenvalue weighted by atomic mass is 10.2. The summed E-state index contributed by atoms with van der Waals surface area (Å²) in [6.45, 7) is 2.71. The van der Waals surface area contributed by atoms with Gasteiger partial charge in [-0.3, -0.25) is 9.48 Å². The number of amides is 1. The molecule has 4 nitrogen and oxygen atoms in total. The average Bonchev–Trinajstić information content (AvgIpc) is 3.09. The second-order valence-corrected chi connectivity index (χ2v) is 5.76. The van der Waals surface area contributed by atoms with Crippen molar-refractivity contribution in [2.24, 2.45) is 13.0 Å². The molecule has 1 aliphatic rings. The van der Waals surface area contributed by atoms with Gasteiger partial charge in [-0.2, -0.15) is 5.10 Å². The molecule has 0 saturated heterocycles. The van der Waals surface area contributed by atoms with Crippen LogP contribution in [0.1, 0.15) is 35.8 Å². The van der Waals surface area contributed by atoms with E-state index in [0.29, 0.717) is 16.9 Å². The molecule has 2 rings (SSSR count). The van der Waals surface area contributed by atoms with Crippen LogP contribution in [0.15, 0.2) is 6.20 Å². The summed E-state index contributed by atoms with van der Waals surface area (Å²) >= 11 is 3.61. The molecule has 1 N–H and O–H groups in total. The van der Waals surface area contributed by atoms with Gasteiger partial charge < -0.3 is 5.32 Å². The van der Waals surface area contributed by atoms with Gasteiger partial charge in [0.15, 0.2) is 0 Å². The molecule has 1 aliphatic carbocycles. The number of hydrogen-bond donors (Lipinski definition) is 1. The van der Waals surface area contributed by atoms with Crippen molar-refractivity contribution in [1.29, 1.82) is 0 Å². The molecular weight excluding hydrogens is 282 g/mol. The van der Waals surface area contributed by atoms with E-state index in [1.165, 1.54) is 12.8 Å². The van der Waals surface area contributed by atoms with Crippen LogP contribution < -0.4 is 5.32 Å². The molecule has 1 atom stereocenters. The fourth-order valence-corrected chi connectivity index (χ4v) is 2.59. The van der Waals surface area contributed by atoms with Gasteiger partial charge in [-0.25, -0.2) is 0 Å². The van der Waals surface area contributed by atoms with Crippen LogP contribution in [-0.4, -0.2) is 27.1 Å². The third kappa shape index (κ3) is 3.09. The average molecular weight is 300 g/mol. The molecule has 17 heavy (non-hydrogen) atoms. The SMILES string of the molecule is CCc1nn(C)cc1C(=O)NCC(Br)C1CC1. The molecule has 94 valence electrons. The predicted octanol–water partition coefficient (Wildman–Crippen LogP) is 1.89. The van der Waals surface area contributed by atoms with E-state index in [1.807, 2.05) is 14.0 Å². The lowest BCUT2D eigenvalue weighted by molar-refractivity contribution is 0.0952. The quantitative estimate of drug-likeness (QED) is 0.844. The number of halogens is 1. The highest BCUT2D eigenvalue weighted by atomic mass is 79.9. The minimum Gasteiger partial charge on any atom is -0.351 e. The fraction of sp³-hybridized carbons (Fsp3) is 0.667. The largest absolute Gasteiger partial charge is 0.351 e. The van der Waals surface area contributed by atoms with Gasteiger partial charge >= 0.3 is 0 Å². The third-order valence-corrected chi connectivity index (χ3v) is 4.15. The lowest BCUT2D eigenvalue weighted by Gasteiger charge is -2.09. The van der Waals surface area contributed by atoms with Crippen molar-refractivity contribution in [3.8, 4) is 0 Å². The maximum absolute atomic E-state index is 12.0. The summed E-state index contributed by atoms with van der Waals surface area (Å²) in [6, 6.07) is 0. The van der Waals surface area contributed by atoms with E-state index in [0.717, 1.165) is 18.0 Å². The highest BCUT2D eigenvalue weighted by Crippen LogP contribution is 2.36. The van der Waals surface area contributed by atoms with Crippen molar-refractivity contribution in [3.05, 3.63) is 17.5 Å². The Labute approximate surface area is 110 Å². The van der Waals surface area contributed by atoms with Crippen molar-refractivity contribution >= 4 is 21.8 Å². The van der Waals surface area contributed by atoms with Crippen LogP contribution in [0.25, 0.3) is 0 Å². The standard InChI is InChI=1S/C12H18BrN3O/c1-3-11-9(7-16(2)15-11)12(17)14-6-10(13)8-4-5-8/h7-8,10H,3-6H2,1-2H3,(H,14,17). The van der Waals surface area contributed by atoms with E-state index in [-0.39, 0.29) is 5.91 Å². The molecular formula is C12H18BrN3O. The fourth-order valence-electron chi connectivity index (χ4n) is 1.90. The maximum atomic E-state index is 12.0. The number of rotatable bonds is 5. The first-order chi connectivity index (χ1) is 8.11. The van der Waals surface area contributed by atoms with Gasteiger partial charge in [-0.15, -0.1) is 0 Å². The Morgan fingerprint density at radius 2 is 2.41 bits per heavy atom. The summed E-state index contributed by atoms with van der Waals surface area (Å²) in [5.41, 5.74) is 1.56. The number of nitrogens with one attached hydrogen (secondary N) is 1. The van der Waals surface area contributed by atoms with E-state index in [2.05, 4.69) is 26.3 Å². The van der Waals surface area contributed by atoms with Crippen LogP contribution in [0.3, 0.4) is 0 Å². The Hall–Kier alpha value is -0.840. The number of hydrogen-bond acceptors (Lipinski definition) is 2. The molecule has 0 aliphatic heterocycles. The van der Waals surface area contributed by atoms with Crippen LogP contribution in [0.4, 0.5) is 0 Å². The number of aromatic nitrogens is 2. The first-order valence-electron chi connectivity index (χ1n) is 6.06. The molecule has 0 bridgehead atoms. The summed E-state index contributed by atoms with van der Waals surface area (Å²) < 4.78 is 1.69. The molecule has 1 fully saturated rings. The summed E-state index contributed by atoms with van der Waals surface area (Å²) in [5, 5.41) is 7.24. The monoisotopic (exact) mass is 299 g/mol. The number of alkyl halides is 1. The second kappa shape index (κ2) is 5.21. The van der Waals surface area contributed by atoms with Crippen LogP contribution in [0.5, 0.6) is 0 Å². The van der Waals surface area contributed by atoms with Crippen LogP contribution in [-0.2, 0) is 13.5 Å². The predicted molar refractivity (Wildman–Crippen MR) is 70.4 cm³/mol. The summed E-state index contributed by atoms with van der Waals surface area (Å²) in [5.74, 6) is 0.731. The van der Waals surface area contributed by atoms with Gasteiger partial charge in [-0.05, 0) is 25.2 Å². The second-order valence-electron chi connectivity index (χ2n) is 4.58. The van der Waals surface area contributed by atoms with Crippen molar-refractivity contribution in [1.82, 2.24) is 15.1 Å². The molecule has 1 aromatic heterocycles. The molecule has 0 aromatic carbocycles. The summed E-state index contributed by atoms with van der Waals surface area (Å²) in [4.78, 5) is 12.4. The Balaban J connectivity index is 1.93. The molecule has 0 spiro atoms. The third-order valence-electron chi connectivity index (χ3n) is 3.08. The topological polar surface area (TPSA) is 46.9 Å². The zero-order valence-corrected chi connectivity index (χ0v) is 11.8. The van der Waals surface area contributed by atoms with Crippen LogP contribution in [0.2, 0.25) is 0 Å². The first kappa shape index (κ1) is 12.6. The van der Waals surface area contributed by atoms with E-state index in [1.54, 1.807) is 10.9 Å². The highest BCUT2D eigenvalue weighted by Gasteiger charge is 2.29. The van der Waals surface area contributed by atoms with Gasteiger partial charge in [0.1, 0.15) is 0 Å². The van der Waals surface area contributed by atoms with Gasteiger partial charge in [0, 0.05) is 24.6 Å². The Morgan fingerprint density at radius 3 is 3.00 bits per heavy atom. The number of carbonyl (C=O) groups excluding carboxylic acids is 1. The van der Waals surface area contributed by atoms with E-state index >= 15 is 0 Å². The Morgan fingerprint density at radius 1 is 1.71 bits per heavy atom. The number of aryl methyl sites for hydroxylation is 2. The Kier molecular flexibility index (Phi) is 3.86. The van der Waals surface area contributed by atoms with Crippen molar-refractivity contribution < 1.29 is 4.79 Å². The van der Waals surface area contributed by atoms with Crippen molar-refractivity contribution in [2.45, 2.75) is 31.0 Å². The molecule has 1 aromatic rings. The van der Waals surface area contributed by atoms with Gasteiger partial charge in [0.05, 0.1) is 11.3 Å². The van der Waals surface area contributed by atoms with Crippen LogP contribution >= 0.6 is 15.9 Å².